The molecular weight excluding hydrogens is 517 g/mol. The van der Waals surface area contributed by atoms with Crippen LogP contribution in [0.4, 0.5) is 23.7 Å². The maximum absolute atomic E-state index is 12.8. The monoisotopic (exact) mass is 535 g/mol. The van der Waals surface area contributed by atoms with Crippen LogP contribution < -0.4 is 90.3 Å². The van der Waals surface area contributed by atoms with Crippen molar-refractivity contribution in [2.75, 3.05) is 5.32 Å². The Morgan fingerprint density at radius 3 is 2.41 bits per heavy atom. The maximum Gasteiger partial charge on any atom is 1.00 e. The van der Waals surface area contributed by atoms with Gasteiger partial charge in [-0.25, -0.2) is 4.79 Å². The summed E-state index contributed by atoms with van der Waals surface area (Å²) in [5.41, 5.74) is -0.759. The summed E-state index contributed by atoms with van der Waals surface area (Å²) in [6.07, 6.45) is -4.41. The number of anilines is 1. The summed E-state index contributed by atoms with van der Waals surface area (Å²) in [4.78, 5) is 35.9. The molecule has 0 fully saturated rings. The first-order chi connectivity index (χ1) is 16.4. The Kier molecular flexibility index (Phi) is 12.2. The van der Waals surface area contributed by atoms with Crippen molar-refractivity contribution in [3.63, 3.8) is 0 Å². The number of alkyl halides is 3. The molecule has 0 saturated carbocycles. The molecule has 37 heavy (non-hydrogen) atoms. The van der Waals surface area contributed by atoms with Crippen molar-refractivity contribution in [2.24, 2.45) is 7.05 Å². The third-order valence-corrected chi connectivity index (χ3v) is 4.86. The normalized spacial score (nSPS) is 11.4. The Morgan fingerprint density at radius 2 is 1.76 bits per heavy atom. The van der Waals surface area contributed by atoms with E-state index in [0.29, 0.717) is 0 Å². The van der Waals surface area contributed by atoms with Crippen molar-refractivity contribution >= 4 is 17.7 Å². The van der Waals surface area contributed by atoms with Crippen LogP contribution in [0.2, 0.25) is 0 Å². The van der Waals surface area contributed by atoms with Gasteiger partial charge in [-0.05, 0) is 23.3 Å². The molecule has 14 heteroatoms. The third-order valence-electron chi connectivity index (χ3n) is 4.86. The number of aryl methyl sites for hydroxylation is 1. The number of benzene rings is 2. The second kappa shape index (κ2) is 13.9. The number of nitrogens with zero attached hydrogens (tertiary/aromatic N) is 1. The minimum Gasteiger partial charge on any atom is -0.871 e. The molecule has 3 rings (SSSR count). The summed E-state index contributed by atoms with van der Waals surface area (Å²) in [6, 6.07) is 9.96. The van der Waals surface area contributed by atoms with Crippen LogP contribution >= 0.6 is 0 Å². The molecule has 3 aromatic rings. The molecule has 0 unspecified atom stereocenters. The summed E-state index contributed by atoms with van der Waals surface area (Å²) in [5, 5.41) is 27.7. The van der Waals surface area contributed by atoms with Crippen molar-refractivity contribution in [1.29, 1.82) is 0 Å². The van der Waals surface area contributed by atoms with E-state index in [1.807, 2.05) is 0 Å². The minimum absolute atomic E-state index is 0. The van der Waals surface area contributed by atoms with E-state index in [1.54, 1.807) is 0 Å². The number of carboxylic acid groups (broad SMARTS) is 1. The number of rotatable bonds is 7. The molecule has 2 aromatic carbocycles. The molecule has 1 atom stereocenters. The van der Waals surface area contributed by atoms with Crippen molar-refractivity contribution < 1.29 is 96.8 Å². The summed E-state index contributed by atoms with van der Waals surface area (Å²) in [7, 11) is 1.37. The van der Waals surface area contributed by atoms with Crippen LogP contribution in [0.15, 0.2) is 65.6 Å². The molecular formula is C23H18F3N3Na2O6. The Hall–Kier alpha value is -2.48. The van der Waals surface area contributed by atoms with Crippen molar-refractivity contribution in [1.82, 2.24) is 9.88 Å². The number of carboxylic acids is 1. The second-order valence-corrected chi connectivity index (χ2v) is 7.37. The van der Waals surface area contributed by atoms with E-state index in [-0.39, 0.29) is 75.8 Å². The first-order valence-corrected chi connectivity index (χ1v) is 10.0. The zero-order valence-electron chi connectivity index (χ0n) is 20.1. The Labute approximate surface area is 253 Å². The number of amides is 2. The van der Waals surface area contributed by atoms with Gasteiger partial charge < -0.3 is 34.9 Å². The van der Waals surface area contributed by atoms with Crippen LogP contribution in [-0.4, -0.2) is 22.9 Å². The van der Waals surface area contributed by atoms with E-state index >= 15 is 0 Å². The van der Waals surface area contributed by atoms with E-state index in [9.17, 15) is 37.8 Å². The fourth-order valence-corrected chi connectivity index (χ4v) is 3.30. The zero-order chi connectivity index (χ0) is 25.8. The van der Waals surface area contributed by atoms with Gasteiger partial charge in [0.05, 0.1) is 6.04 Å². The van der Waals surface area contributed by atoms with Crippen LogP contribution in [-0.2, 0) is 11.8 Å². The molecule has 1 aromatic heterocycles. The number of hydrogen-bond donors (Lipinski definition) is 2. The Balaban J connectivity index is 0.00000342. The quantitative estimate of drug-likeness (QED) is 0.297. The first kappa shape index (κ1) is 32.5. The van der Waals surface area contributed by atoms with Crippen LogP contribution in [0.25, 0.3) is 11.1 Å². The molecule has 0 aliphatic heterocycles. The van der Waals surface area contributed by atoms with Gasteiger partial charge in [0.15, 0.2) is 0 Å². The number of nitrogens with one attached hydrogen (secondary N) is 2. The molecule has 1 heterocycles. The summed E-state index contributed by atoms with van der Waals surface area (Å²) >= 11 is 0. The van der Waals surface area contributed by atoms with Gasteiger partial charge in [0.2, 0.25) is 0 Å². The molecule has 184 valence electrons. The maximum atomic E-state index is 12.8. The number of ether oxygens (including phenoxy) is 1. The Bertz CT molecular complexity index is 1320. The van der Waals surface area contributed by atoms with Gasteiger partial charge >= 0.3 is 71.5 Å². The summed E-state index contributed by atoms with van der Waals surface area (Å²) < 4.78 is 43.5. The van der Waals surface area contributed by atoms with Gasteiger partial charge in [-0.2, -0.15) is 0 Å². The van der Waals surface area contributed by atoms with Crippen LogP contribution in [0.5, 0.6) is 11.5 Å². The van der Waals surface area contributed by atoms with Crippen LogP contribution in [0, 0.1) is 0 Å². The first-order valence-electron chi connectivity index (χ1n) is 10.0. The predicted octanol–water partition coefficient (Wildman–Crippen LogP) is -3.96. The molecule has 0 spiro atoms. The average molecular weight is 535 g/mol. The van der Waals surface area contributed by atoms with Gasteiger partial charge in [0, 0.05) is 31.2 Å². The summed E-state index contributed by atoms with van der Waals surface area (Å²) in [5.74, 6) is -2.74. The van der Waals surface area contributed by atoms with Gasteiger partial charge in [-0.3, -0.25) is 4.79 Å². The number of urea groups is 1. The molecule has 2 N–H and O–H groups in total. The Morgan fingerprint density at radius 1 is 1.08 bits per heavy atom. The van der Waals surface area contributed by atoms with Gasteiger partial charge in [-0.15, -0.1) is 13.2 Å². The number of hydrogen-bond acceptors (Lipinski definition) is 6. The molecule has 2 amide bonds. The molecule has 9 nitrogen and oxygen atoms in total. The van der Waals surface area contributed by atoms with Gasteiger partial charge in [-0.1, -0.05) is 48.2 Å². The topological polar surface area (TPSA) is 136 Å². The number of para-hydroxylation sites is 1. The number of aromatic nitrogens is 1. The largest absolute Gasteiger partial charge is 1.00 e. The molecule has 0 radical (unpaired) electrons. The molecule has 0 saturated heterocycles. The number of aliphatic carboxylic acids is 1. The van der Waals surface area contributed by atoms with Crippen molar-refractivity contribution in [3.05, 3.63) is 76.7 Å². The second-order valence-electron chi connectivity index (χ2n) is 7.37. The number of halogens is 3. The van der Waals surface area contributed by atoms with E-state index in [0.717, 1.165) is 16.7 Å². The fourth-order valence-electron chi connectivity index (χ4n) is 3.30. The summed E-state index contributed by atoms with van der Waals surface area (Å²) in [6.45, 7) is 0. The van der Waals surface area contributed by atoms with E-state index in [1.165, 1.54) is 55.7 Å². The fraction of sp³-hybridized carbons (Fsp3) is 0.174. The number of carbonyl (C=O) groups excluding carboxylic acids is 2. The van der Waals surface area contributed by atoms with E-state index in [2.05, 4.69) is 15.4 Å². The minimum atomic E-state index is -4.93. The van der Waals surface area contributed by atoms with E-state index in [4.69, 9.17) is 0 Å². The number of pyridine rings is 1. The average Bonchev–Trinajstić information content (AvgIpc) is 2.78. The van der Waals surface area contributed by atoms with Crippen molar-refractivity contribution in [3.8, 4) is 22.6 Å². The van der Waals surface area contributed by atoms with Crippen LogP contribution in [0.3, 0.4) is 0 Å². The van der Waals surface area contributed by atoms with Crippen molar-refractivity contribution in [2.45, 2.75) is 18.8 Å². The third kappa shape index (κ3) is 9.09. The number of carbonyl (C=O) groups is 2. The smallest absolute Gasteiger partial charge is 0.871 e. The molecule has 0 bridgehead atoms. The van der Waals surface area contributed by atoms with Crippen LogP contribution in [0.1, 0.15) is 18.0 Å². The standard InChI is InChI=1S/C23H20F3N3O6.2Na/c1-29-10-9-17(30)20(21(29)33)28-22(34)27-16(12-19(31)32)14-6-4-5-13(11-14)15-7-2-3-8-18(15)35-23(24,25)26;;/h2-11,16,30H,12H2,1H3,(H,31,32)(H2,27,28,34);;/q;2*+1/p-2/t16-;;/m0../s1. The molecule has 0 aliphatic carbocycles. The van der Waals surface area contributed by atoms with Gasteiger partial charge in [0.25, 0.3) is 5.56 Å². The molecule has 0 aliphatic rings. The SMILES string of the molecule is Cn1ccc([O-])c(NC(=O)N[C@@H](CC(=O)[O-])c2cccc(-c3ccccc3OC(F)(F)F)c2)c1=O.[Na+].[Na+]. The predicted molar refractivity (Wildman–Crippen MR) is 114 cm³/mol. The van der Waals surface area contributed by atoms with E-state index < -0.39 is 53.6 Å². The zero-order valence-corrected chi connectivity index (χ0v) is 24.1. The van der Waals surface area contributed by atoms with Gasteiger partial charge in [0.1, 0.15) is 11.4 Å².